The van der Waals surface area contributed by atoms with Crippen LogP contribution in [0.1, 0.15) is 53.4 Å². The van der Waals surface area contributed by atoms with Crippen LogP contribution in [0.3, 0.4) is 0 Å². The van der Waals surface area contributed by atoms with Gasteiger partial charge in [0.05, 0.1) is 0 Å². The number of hydrogen-bond donors (Lipinski definition) is 2. The van der Waals surface area contributed by atoms with Gasteiger partial charge in [-0.15, -0.1) is 0 Å². The van der Waals surface area contributed by atoms with Gasteiger partial charge in [-0.1, -0.05) is 19.8 Å². The average molecular weight is 284 g/mol. The quantitative estimate of drug-likeness (QED) is 0.815. The molecule has 2 unspecified atom stereocenters. The van der Waals surface area contributed by atoms with Gasteiger partial charge in [-0.25, -0.2) is 9.59 Å². The highest BCUT2D eigenvalue weighted by atomic mass is 16.4. The smallest absolute Gasteiger partial charge is 0.329 e. The van der Waals surface area contributed by atoms with Gasteiger partial charge < -0.3 is 15.3 Å². The van der Waals surface area contributed by atoms with Crippen molar-refractivity contribution in [2.45, 2.75) is 58.9 Å². The topological polar surface area (TPSA) is 69.6 Å². The van der Waals surface area contributed by atoms with Gasteiger partial charge in [-0.2, -0.15) is 0 Å². The molecule has 2 atom stereocenters. The van der Waals surface area contributed by atoms with Gasteiger partial charge in [0.2, 0.25) is 0 Å². The molecule has 2 N–H and O–H groups in total. The molecule has 5 heteroatoms. The van der Waals surface area contributed by atoms with Crippen LogP contribution in [-0.4, -0.2) is 40.6 Å². The Morgan fingerprint density at radius 2 is 2.00 bits per heavy atom. The maximum Gasteiger partial charge on any atom is 0.329 e. The molecule has 1 fully saturated rings. The van der Waals surface area contributed by atoms with Gasteiger partial charge in [-0.05, 0) is 45.4 Å². The summed E-state index contributed by atoms with van der Waals surface area (Å²) in [6, 6.07) is -0.280. The molecular formula is C15H28N2O3. The first-order chi connectivity index (χ1) is 9.28. The number of carboxylic acid groups (broad SMARTS) is 1. The molecule has 1 rings (SSSR count). The number of amides is 2. The lowest BCUT2D eigenvalue weighted by atomic mass is 9.82. The molecule has 0 heterocycles. The number of hydrogen-bond acceptors (Lipinski definition) is 2. The number of likely N-dealkylation sites (N-methyl/N-ethyl adjacent to an activating group) is 1. The molecule has 1 aliphatic rings. The lowest BCUT2D eigenvalue weighted by Gasteiger charge is -2.35. The summed E-state index contributed by atoms with van der Waals surface area (Å²) in [4.78, 5) is 24.8. The third-order valence-electron chi connectivity index (χ3n) is 4.35. The fourth-order valence-electron chi connectivity index (χ4n) is 2.98. The first-order valence-corrected chi connectivity index (χ1v) is 7.57. The van der Waals surface area contributed by atoms with E-state index in [0.717, 1.165) is 18.8 Å². The lowest BCUT2D eigenvalue weighted by Crippen LogP contribution is -2.56. The third-order valence-corrected chi connectivity index (χ3v) is 4.35. The fourth-order valence-corrected chi connectivity index (χ4v) is 2.98. The van der Waals surface area contributed by atoms with E-state index in [4.69, 9.17) is 0 Å². The number of nitrogens with zero attached hydrogens (tertiary/aromatic N) is 1. The predicted molar refractivity (Wildman–Crippen MR) is 78.6 cm³/mol. The van der Waals surface area contributed by atoms with Gasteiger partial charge in [-0.3, -0.25) is 0 Å². The minimum Gasteiger partial charge on any atom is -0.480 e. The SMILES string of the molecule is CCN(C(=O)NCC1CCCC(C)C1)C(C)(C)C(=O)O. The summed E-state index contributed by atoms with van der Waals surface area (Å²) < 4.78 is 0. The normalized spacial score (nSPS) is 23.2. The van der Waals surface area contributed by atoms with E-state index < -0.39 is 11.5 Å². The molecule has 116 valence electrons. The monoisotopic (exact) mass is 284 g/mol. The van der Waals surface area contributed by atoms with Crippen molar-refractivity contribution in [2.24, 2.45) is 11.8 Å². The first-order valence-electron chi connectivity index (χ1n) is 7.57. The van der Waals surface area contributed by atoms with Gasteiger partial charge in [0, 0.05) is 13.1 Å². The maximum atomic E-state index is 12.2. The van der Waals surface area contributed by atoms with Crippen LogP contribution in [-0.2, 0) is 4.79 Å². The molecule has 1 aliphatic carbocycles. The van der Waals surface area contributed by atoms with Crippen molar-refractivity contribution in [3.63, 3.8) is 0 Å². The second-order valence-electron chi connectivity index (χ2n) is 6.43. The predicted octanol–water partition coefficient (Wildman–Crippen LogP) is 2.71. The van der Waals surface area contributed by atoms with E-state index in [-0.39, 0.29) is 6.03 Å². The van der Waals surface area contributed by atoms with Crippen molar-refractivity contribution in [1.82, 2.24) is 10.2 Å². The highest BCUT2D eigenvalue weighted by Gasteiger charge is 2.37. The average Bonchev–Trinajstić information content (AvgIpc) is 2.36. The van der Waals surface area contributed by atoms with Crippen LogP contribution in [0.15, 0.2) is 0 Å². The van der Waals surface area contributed by atoms with Gasteiger partial charge in [0.25, 0.3) is 0 Å². The van der Waals surface area contributed by atoms with Crippen molar-refractivity contribution in [3.05, 3.63) is 0 Å². The zero-order valence-electron chi connectivity index (χ0n) is 13.1. The largest absolute Gasteiger partial charge is 0.480 e. The highest BCUT2D eigenvalue weighted by molar-refractivity contribution is 5.85. The van der Waals surface area contributed by atoms with E-state index in [0.29, 0.717) is 19.0 Å². The molecule has 0 radical (unpaired) electrons. The van der Waals surface area contributed by atoms with Crippen molar-refractivity contribution in [3.8, 4) is 0 Å². The van der Waals surface area contributed by atoms with Crippen molar-refractivity contribution in [2.75, 3.05) is 13.1 Å². The molecule has 0 bridgehead atoms. The summed E-state index contributed by atoms with van der Waals surface area (Å²) in [5, 5.41) is 12.1. The lowest BCUT2D eigenvalue weighted by molar-refractivity contribution is -0.147. The number of urea groups is 1. The number of carbonyl (C=O) groups excluding carboxylic acids is 1. The number of aliphatic carboxylic acids is 1. The van der Waals surface area contributed by atoms with Crippen LogP contribution in [0.25, 0.3) is 0 Å². The Balaban J connectivity index is 2.53. The Labute approximate surface area is 121 Å². The van der Waals surface area contributed by atoms with E-state index in [1.807, 2.05) is 0 Å². The first kappa shape index (κ1) is 16.8. The highest BCUT2D eigenvalue weighted by Crippen LogP contribution is 2.28. The Morgan fingerprint density at radius 1 is 1.35 bits per heavy atom. The molecule has 0 aromatic heterocycles. The molecule has 20 heavy (non-hydrogen) atoms. The van der Waals surface area contributed by atoms with Crippen LogP contribution in [0.5, 0.6) is 0 Å². The van der Waals surface area contributed by atoms with Crippen molar-refractivity contribution in [1.29, 1.82) is 0 Å². The van der Waals surface area contributed by atoms with Crippen LogP contribution in [0, 0.1) is 11.8 Å². The van der Waals surface area contributed by atoms with Gasteiger partial charge in [0.15, 0.2) is 0 Å². The van der Waals surface area contributed by atoms with E-state index in [2.05, 4.69) is 12.2 Å². The van der Waals surface area contributed by atoms with E-state index in [9.17, 15) is 14.7 Å². The van der Waals surface area contributed by atoms with Gasteiger partial charge in [0.1, 0.15) is 5.54 Å². The van der Waals surface area contributed by atoms with Crippen molar-refractivity contribution >= 4 is 12.0 Å². The van der Waals surface area contributed by atoms with Crippen LogP contribution in [0.4, 0.5) is 4.79 Å². The number of carbonyl (C=O) groups is 2. The molecule has 0 aromatic rings. The number of carboxylic acids is 1. The molecule has 2 amide bonds. The van der Waals surface area contributed by atoms with Gasteiger partial charge >= 0.3 is 12.0 Å². The van der Waals surface area contributed by atoms with Crippen LogP contribution < -0.4 is 5.32 Å². The number of nitrogens with one attached hydrogen (secondary N) is 1. The Morgan fingerprint density at radius 3 is 2.50 bits per heavy atom. The Bertz CT molecular complexity index is 355. The zero-order valence-corrected chi connectivity index (χ0v) is 13.1. The molecule has 5 nitrogen and oxygen atoms in total. The molecule has 0 saturated heterocycles. The van der Waals surface area contributed by atoms with Crippen molar-refractivity contribution < 1.29 is 14.7 Å². The van der Waals surface area contributed by atoms with Crippen LogP contribution in [0.2, 0.25) is 0 Å². The standard InChI is InChI=1S/C15H28N2O3/c1-5-17(15(3,4)13(18)19)14(20)16-10-12-8-6-7-11(2)9-12/h11-12H,5-10H2,1-4H3,(H,16,20)(H,18,19). The van der Waals surface area contributed by atoms with E-state index >= 15 is 0 Å². The summed E-state index contributed by atoms with van der Waals surface area (Å²) in [7, 11) is 0. The molecule has 0 aliphatic heterocycles. The molecule has 0 spiro atoms. The third kappa shape index (κ3) is 4.12. The summed E-state index contributed by atoms with van der Waals surface area (Å²) in [6.45, 7) is 8.19. The number of rotatable bonds is 5. The Hall–Kier alpha value is -1.26. The van der Waals surface area contributed by atoms with E-state index in [1.165, 1.54) is 17.7 Å². The zero-order chi connectivity index (χ0) is 15.3. The van der Waals surface area contributed by atoms with Crippen LogP contribution >= 0.6 is 0 Å². The second-order valence-corrected chi connectivity index (χ2v) is 6.43. The second kappa shape index (κ2) is 6.95. The summed E-state index contributed by atoms with van der Waals surface area (Å²) >= 11 is 0. The minimum atomic E-state index is -1.18. The maximum absolute atomic E-state index is 12.2. The Kier molecular flexibility index (Phi) is 5.84. The molecule has 0 aromatic carbocycles. The van der Waals surface area contributed by atoms with E-state index in [1.54, 1.807) is 20.8 Å². The minimum absolute atomic E-state index is 0.280. The molecular weight excluding hydrogens is 256 g/mol. The summed E-state index contributed by atoms with van der Waals surface area (Å²) in [5.74, 6) is 0.263. The fraction of sp³-hybridized carbons (Fsp3) is 0.867. The summed E-state index contributed by atoms with van der Waals surface area (Å²) in [6.07, 6.45) is 4.80. The summed E-state index contributed by atoms with van der Waals surface area (Å²) in [5.41, 5.74) is -1.18. The molecule has 1 saturated carbocycles.